The van der Waals surface area contributed by atoms with Gasteiger partial charge in [0.05, 0.1) is 12.8 Å². The van der Waals surface area contributed by atoms with Crippen molar-refractivity contribution in [2.45, 2.75) is 19.6 Å². The second kappa shape index (κ2) is 6.90. The topological polar surface area (TPSA) is 94.3 Å². The predicted molar refractivity (Wildman–Crippen MR) is 83.2 cm³/mol. The van der Waals surface area contributed by atoms with Crippen LogP contribution in [0.5, 0.6) is 0 Å². The van der Waals surface area contributed by atoms with Gasteiger partial charge in [0.15, 0.2) is 5.69 Å². The molecule has 0 saturated carbocycles. The summed E-state index contributed by atoms with van der Waals surface area (Å²) in [5.74, 6) is 1.95. The van der Waals surface area contributed by atoms with Crippen molar-refractivity contribution in [1.29, 1.82) is 0 Å². The van der Waals surface area contributed by atoms with Crippen LogP contribution in [0, 0.1) is 11.5 Å². The average Bonchev–Trinajstić information content (AvgIpc) is 2.41. The van der Waals surface area contributed by atoms with Crippen molar-refractivity contribution in [3.05, 3.63) is 23.5 Å². The SMILES string of the molecule is COC(=O)CNC(=O)c1ncc(C#C[Si](C)(C)C)cc1N. The predicted octanol–water partition coefficient (Wildman–Crippen LogP) is 0.795. The lowest BCUT2D eigenvalue weighted by Gasteiger charge is -2.06. The van der Waals surface area contributed by atoms with E-state index in [9.17, 15) is 9.59 Å². The largest absolute Gasteiger partial charge is 0.468 e. The minimum atomic E-state index is -1.48. The minimum Gasteiger partial charge on any atom is -0.468 e. The van der Waals surface area contributed by atoms with E-state index in [4.69, 9.17) is 5.73 Å². The van der Waals surface area contributed by atoms with Crippen molar-refractivity contribution < 1.29 is 14.3 Å². The lowest BCUT2D eigenvalue weighted by atomic mass is 10.2. The van der Waals surface area contributed by atoms with Gasteiger partial charge < -0.3 is 15.8 Å². The number of pyridine rings is 1. The van der Waals surface area contributed by atoms with E-state index in [1.54, 1.807) is 6.07 Å². The molecule has 0 atom stereocenters. The summed E-state index contributed by atoms with van der Waals surface area (Å²) in [7, 11) is -0.240. The van der Waals surface area contributed by atoms with Crippen LogP contribution in [0.2, 0.25) is 19.6 Å². The van der Waals surface area contributed by atoms with Crippen LogP contribution >= 0.6 is 0 Å². The molecule has 112 valence electrons. The molecule has 0 radical (unpaired) electrons. The Morgan fingerprint density at radius 1 is 1.43 bits per heavy atom. The van der Waals surface area contributed by atoms with E-state index in [1.807, 2.05) is 0 Å². The number of nitrogens with zero attached hydrogens (tertiary/aromatic N) is 1. The van der Waals surface area contributed by atoms with Crippen LogP contribution in [0.4, 0.5) is 5.69 Å². The van der Waals surface area contributed by atoms with Crippen LogP contribution in [-0.4, -0.2) is 38.6 Å². The highest BCUT2D eigenvalue weighted by Gasteiger charge is 2.13. The molecule has 1 amide bonds. The van der Waals surface area contributed by atoms with Crippen molar-refractivity contribution in [2.24, 2.45) is 0 Å². The van der Waals surface area contributed by atoms with Gasteiger partial charge in [0.1, 0.15) is 14.6 Å². The standard InChI is InChI=1S/C14H19N3O3Si/c1-20-12(18)9-17-14(19)13-11(15)7-10(8-16-13)5-6-21(2,3)4/h7-8H,9,15H2,1-4H3,(H,17,19). The molecule has 0 bridgehead atoms. The Kier molecular flexibility index (Phi) is 5.49. The first-order valence-electron chi connectivity index (χ1n) is 6.36. The molecule has 1 heterocycles. The van der Waals surface area contributed by atoms with Crippen LogP contribution in [0.15, 0.2) is 12.3 Å². The normalized spacial score (nSPS) is 10.3. The van der Waals surface area contributed by atoms with Crippen molar-refractivity contribution in [1.82, 2.24) is 10.3 Å². The number of hydrogen-bond donors (Lipinski definition) is 2. The Bertz CT molecular complexity index is 612. The Morgan fingerprint density at radius 3 is 2.62 bits per heavy atom. The maximum absolute atomic E-state index is 11.8. The number of carbonyl (C=O) groups excluding carboxylic acids is 2. The monoisotopic (exact) mass is 305 g/mol. The lowest BCUT2D eigenvalue weighted by Crippen LogP contribution is -2.31. The molecule has 3 N–H and O–H groups in total. The van der Waals surface area contributed by atoms with E-state index in [2.05, 4.69) is 46.1 Å². The fraction of sp³-hybridized carbons (Fsp3) is 0.357. The van der Waals surface area contributed by atoms with E-state index in [0.717, 1.165) is 0 Å². The van der Waals surface area contributed by atoms with Crippen LogP contribution in [-0.2, 0) is 9.53 Å². The molecule has 7 heteroatoms. The molecule has 0 aliphatic heterocycles. The number of nitrogens with two attached hydrogens (primary N) is 1. The fourth-order valence-electron chi connectivity index (χ4n) is 1.31. The summed E-state index contributed by atoms with van der Waals surface area (Å²) in [6.45, 7) is 6.16. The Labute approximate surface area is 125 Å². The molecule has 0 aromatic carbocycles. The molecule has 1 aromatic rings. The van der Waals surface area contributed by atoms with Crippen molar-refractivity contribution >= 4 is 25.6 Å². The molecule has 1 rings (SSSR count). The number of hydrogen-bond acceptors (Lipinski definition) is 5. The van der Waals surface area contributed by atoms with Crippen LogP contribution in [0.3, 0.4) is 0 Å². The van der Waals surface area contributed by atoms with E-state index in [-0.39, 0.29) is 17.9 Å². The molecule has 0 fully saturated rings. The van der Waals surface area contributed by atoms with E-state index in [0.29, 0.717) is 5.56 Å². The Balaban J connectivity index is 2.85. The van der Waals surface area contributed by atoms with Crippen molar-refractivity contribution in [2.75, 3.05) is 19.4 Å². The van der Waals surface area contributed by atoms with Gasteiger partial charge in [0, 0.05) is 11.8 Å². The number of anilines is 1. The van der Waals surface area contributed by atoms with Gasteiger partial charge in [-0.25, -0.2) is 4.98 Å². The van der Waals surface area contributed by atoms with E-state index >= 15 is 0 Å². The lowest BCUT2D eigenvalue weighted by molar-refractivity contribution is -0.139. The van der Waals surface area contributed by atoms with Crippen LogP contribution in [0.1, 0.15) is 16.1 Å². The number of ether oxygens (including phenoxy) is 1. The molecule has 6 nitrogen and oxygen atoms in total. The average molecular weight is 305 g/mol. The minimum absolute atomic E-state index is 0.0671. The smallest absolute Gasteiger partial charge is 0.325 e. The van der Waals surface area contributed by atoms with Gasteiger partial charge in [0.2, 0.25) is 0 Å². The second-order valence-corrected chi connectivity index (χ2v) is 10.2. The zero-order chi connectivity index (χ0) is 16.0. The maximum atomic E-state index is 11.8. The third-order valence-corrected chi connectivity index (χ3v) is 3.21. The van der Waals surface area contributed by atoms with Crippen molar-refractivity contribution in [3.8, 4) is 11.5 Å². The van der Waals surface area contributed by atoms with Gasteiger partial charge in [-0.15, -0.1) is 5.54 Å². The summed E-state index contributed by atoms with van der Waals surface area (Å²) in [5.41, 5.74) is 9.95. The summed E-state index contributed by atoms with van der Waals surface area (Å²) >= 11 is 0. The molecule has 0 saturated heterocycles. The summed E-state index contributed by atoms with van der Waals surface area (Å²) in [6.07, 6.45) is 1.50. The molecule has 0 spiro atoms. The highest BCUT2D eigenvalue weighted by atomic mass is 28.3. The number of carbonyl (C=O) groups is 2. The molecule has 21 heavy (non-hydrogen) atoms. The maximum Gasteiger partial charge on any atom is 0.325 e. The second-order valence-electron chi connectivity index (χ2n) is 5.42. The van der Waals surface area contributed by atoms with Crippen molar-refractivity contribution in [3.63, 3.8) is 0 Å². The molecule has 1 aromatic heterocycles. The number of methoxy groups -OCH3 is 1. The molecule has 0 unspecified atom stereocenters. The summed E-state index contributed by atoms with van der Waals surface area (Å²) in [5, 5.41) is 2.38. The fourth-order valence-corrected chi connectivity index (χ4v) is 1.83. The van der Waals surface area contributed by atoms with Gasteiger partial charge in [-0.3, -0.25) is 9.59 Å². The number of amides is 1. The third-order valence-electron chi connectivity index (χ3n) is 2.34. The summed E-state index contributed by atoms with van der Waals surface area (Å²) in [6, 6.07) is 1.60. The number of rotatable bonds is 3. The molecule has 0 aliphatic carbocycles. The number of esters is 1. The summed E-state index contributed by atoms with van der Waals surface area (Å²) < 4.78 is 4.43. The Hall–Kier alpha value is -2.33. The Morgan fingerprint density at radius 2 is 2.10 bits per heavy atom. The first-order valence-corrected chi connectivity index (χ1v) is 9.86. The highest BCUT2D eigenvalue weighted by molar-refractivity contribution is 6.83. The first-order chi connectivity index (χ1) is 9.73. The zero-order valence-electron chi connectivity index (χ0n) is 12.6. The zero-order valence-corrected chi connectivity index (χ0v) is 13.6. The van der Waals surface area contributed by atoms with E-state index < -0.39 is 20.0 Å². The van der Waals surface area contributed by atoms with Crippen LogP contribution in [0.25, 0.3) is 0 Å². The molecular formula is C14H19N3O3Si. The third kappa shape index (κ3) is 5.67. The molecule has 0 aliphatic rings. The van der Waals surface area contributed by atoms with Gasteiger partial charge in [-0.1, -0.05) is 25.6 Å². The quantitative estimate of drug-likeness (QED) is 0.489. The number of nitrogen functional groups attached to an aromatic ring is 1. The van der Waals surface area contributed by atoms with Gasteiger partial charge in [0.25, 0.3) is 5.91 Å². The number of aromatic nitrogens is 1. The van der Waals surface area contributed by atoms with E-state index in [1.165, 1.54) is 13.3 Å². The van der Waals surface area contributed by atoms with Crippen LogP contribution < -0.4 is 11.1 Å². The molecular weight excluding hydrogens is 286 g/mol. The van der Waals surface area contributed by atoms with Gasteiger partial charge in [-0.2, -0.15) is 0 Å². The summed E-state index contributed by atoms with van der Waals surface area (Å²) in [4.78, 5) is 26.8. The van der Waals surface area contributed by atoms with Gasteiger partial charge >= 0.3 is 5.97 Å². The van der Waals surface area contributed by atoms with Gasteiger partial charge in [-0.05, 0) is 6.07 Å². The number of nitrogens with one attached hydrogen (secondary N) is 1. The first kappa shape index (κ1) is 16.7. The highest BCUT2D eigenvalue weighted by Crippen LogP contribution is 2.10.